The van der Waals surface area contributed by atoms with Crippen LogP contribution >= 0.6 is 0 Å². The zero-order chi connectivity index (χ0) is 16.7. The summed E-state index contributed by atoms with van der Waals surface area (Å²) in [5.41, 5.74) is 4.49. The maximum atomic E-state index is 4.57. The minimum absolute atomic E-state index is 0.111. The highest BCUT2D eigenvalue weighted by molar-refractivity contribution is 5.25. The molecular weight excluding hydrogens is 282 g/mol. The van der Waals surface area contributed by atoms with E-state index in [1.165, 1.54) is 11.1 Å². The lowest BCUT2D eigenvalue weighted by molar-refractivity contribution is 0.432. The molecule has 0 spiro atoms. The molecule has 0 amide bonds. The number of nitrogens with one attached hydrogen (secondary N) is 1. The summed E-state index contributed by atoms with van der Waals surface area (Å²) in [6, 6.07) is 8.34. The van der Waals surface area contributed by atoms with Gasteiger partial charge in [0.05, 0.1) is 23.5 Å². The molecule has 23 heavy (non-hydrogen) atoms. The van der Waals surface area contributed by atoms with E-state index in [-0.39, 0.29) is 12.1 Å². The number of pyridine rings is 2. The van der Waals surface area contributed by atoms with Crippen LogP contribution in [0.5, 0.6) is 0 Å². The number of hydrogen-bond acceptors (Lipinski definition) is 3. The van der Waals surface area contributed by atoms with Gasteiger partial charge < -0.3 is 0 Å². The average molecular weight is 307 g/mol. The molecule has 2 aromatic heterocycles. The largest absolute Gasteiger partial charge is 0.300 e. The van der Waals surface area contributed by atoms with Gasteiger partial charge in [-0.2, -0.15) is 0 Å². The summed E-state index contributed by atoms with van der Waals surface area (Å²) in [6.45, 7) is 12.0. The fourth-order valence-corrected chi connectivity index (χ4v) is 2.82. The highest BCUT2D eigenvalue weighted by Gasteiger charge is 2.21. The van der Waals surface area contributed by atoms with Crippen LogP contribution in [0.4, 0.5) is 0 Å². The van der Waals surface area contributed by atoms with Crippen molar-refractivity contribution in [3.63, 3.8) is 0 Å². The summed E-state index contributed by atoms with van der Waals surface area (Å²) in [6.07, 6.45) is 9.18. The number of rotatable bonds is 8. The Hall–Kier alpha value is -2.26. The lowest BCUT2D eigenvalue weighted by atomic mass is 9.99. The van der Waals surface area contributed by atoms with Crippen molar-refractivity contribution in [3.8, 4) is 0 Å². The first-order valence-electron chi connectivity index (χ1n) is 7.98. The van der Waals surface area contributed by atoms with E-state index < -0.39 is 0 Å². The zero-order valence-corrected chi connectivity index (χ0v) is 14.0. The first kappa shape index (κ1) is 17.1. The van der Waals surface area contributed by atoms with Crippen LogP contribution < -0.4 is 5.32 Å². The molecule has 0 fully saturated rings. The van der Waals surface area contributed by atoms with Crippen molar-refractivity contribution in [1.29, 1.82) is 0 Å². The van der Waals surface area contributed by atoms with Crippen LogP contribution in [0.1, 0.15) is 47.4 Å². The molecule has 3 heteroatoms. The Morgan fingerprint density at radius 1 is 0.913 bits per heavy atom. The summed E-state index contributed by atoms with van der Waals surface area (Å²) in [5.74, 6) is 0. The van der Waals surface area contributed by atoms with Gasteiger partial charge >= 0.3 is 0 Å². The monoisotopic (exact) mass is 307 g/mol. The van der Waals surface area contributed by atoms with Crippen molar-refractivity contribution in [2.45, 2.75) is 38.8 Å². The van der Waals surface area contributed by atoms with Gasteiger partial charge in [-0.15, -0.1) is 13.2 Å². The van der Waals surface area contributed by atoms with E-state index in [0.29, 0.717) is 0 Å². The van der Waals surface area contributed by atoms with Gasteiger partial charge in [-0.05, 0) is 49.9 Å². The van der Waals surface area contributed by atoms with E-state index in [4.69, 9.17) is 0 Å². The van der Waals surface area contributed by atoms with Crippen molar-refractivity contribution >= 4 is 0 Å². The van der Waals surface area contributed by atoms with E-state index in [1.807, 2.05) is 36.7 Å². The summed E-state index contributed by atoms with van der Waals surface area (Å²) in [5, 5.41) is 3.70. The fourth-order valence-electron chi connectivity index (χ4n) is 2.82. The van der Waals surface area contributed by atoms with Crippen LogP contribution in [0.3, 0.4) is 0 Å². The molecule has 0 saturated carbocycles. The minimum atomic E-state index is 0.111. The van der Waals surface area contributed by atoms with Gasteiger partial charge in [0.2, 0.25) is 0 Å². The molecule has 3 nitrogen and oxygen atoms in total. The third-order valence-electron chi connectivity index (χ3n) is 3.97. The molecule has 1 N–H and O–H groups in total. The Morgan fingerprint density at radius 3 is 1.70 bits per heavy atom. The Morgan fingerprint density at radius 2 is 1.35 bits per heavy atom. The van der Waals surface area contributed by atoms with Crippen LogP contribution in [0.25, 0.3) is 0 Å². The Bertz CT molecular complexity index is 606. The number of aromatic nitrogens is 2. The molecule has 0 radical (unpaired) electrons. The molecule has 2 heterocycles. The van der Waals surface area contributed by atoms with Crippen LogP contribution in [-0.4, -0.2) is 9.97 Å². The molecule has 0 aliphatic rings. The first-order chi connectivity index (χ1) is 11.2. The SMILES string of the molecule is C=CCC(NC(CC=C)c1ncccc1C)c1ncccc1C. The van der Waals surface area contributed by atoms with Crippen LogP contribution in [0.15, 0.2) is 62.0 Å². The second-order valence-corrected chi connectivity index (χ2v) is 5.73. The molecule has 0 aliphatic heterocycles. The zero-order valence-electron chi connectivity index (χ0n) is 14.0. The van der Waals surface area contributed by atoms with Gasteiger partial charge in [-0.3, -0.25) is 15.3 Å². The van der Waals surface area contributed by atoms with Crippen molar-refractivity contribution in [2.24, 2.45) is 0 Å². The molecule has 0 aliphatic carbocycles. The summed E-state index contributed by atoms with van der Waals surface area (Å²) in [7, 11) is 0. The lowest BCUT2D eigenvalue weighted by Gasteiger charge is -2.26. The molecular formula is C20H25N3. The lowest BCUT2D eigenvalue weighted by Crippen LogP contribution is -2.28. The van der Waals surface area contributed by atoms with Crippen molar-refractivity contribution in [3.05, 3.63) is 84.5 Å². The van der Waals surface area contributed by atoms with E-state index in [1.54, 1.807) is 0 Å². The van der Waals surface area contributed by atoms with Gasteiger partial charge in [0.15, 0.2) is 0 Å². The minimum Gasteiger partial charge on any atom is -0.300 e. The van der Waals surface area contributed by atoms with E-state index >= 15 is 0 Å². The van der Waals surface area contributed by atoms with Crippen molar-refractivity contribution in [2.75, 3.05) is 0 Å². The predicted octanol–water partition coefficient (Wildman–Crippen LogP) is 4.62. The van der Waals surface area contributed by atoms with Crippen LogP contribution in [0, 0.1) is 13.8 Å². The van der Waals surface area contributed by atoms with E-state index in [2.05, 4.69) is 54.4 Å². The highest BCUT2D eigenvalue weighted by Crippen LogP contribution is 2.26. The molecule has 2 unspecified atom stereocenters. The Balaban J connectivity index is 2.32. The fraction of sp³-hybridized carbons (Fsp3) is 0.300. The maximum Gasteiger partial charge on any atom is 0.0605 e. The molecule has 2 rings (SSSR count). The smallest absolute Gasteiger partial charge is 0.0605 e. The molecule has 2 aromatic rings. The second kappa shape index (κ2) is 8.39. The van der Waals surface area contributed by atoms with E-state index in [9.17, 15) is 0 Å². The van der Waals surface area contributed by atoms with Crippen LogP contribution in [-0.2, 0) is 0 Å². The molecule has 120 valence electrons. The predicted molar refractivity (Wildman–Crippen MR) is 96.2 cm³/mol. The molecule has 0 aromatic carbocycles. The molecule has 0 bridgehead atoms. The van der Waals surface area contributed by atoms with Gasteiger partial charge in [0.25, 0.3) is 0 Å². The molecule has 0 saturated heterocycles. The highest BCUT2D eigenvalue weighted by atomic mass is 15.0. The van der Waals surface area contributed by atoms with Gasteiger partial charge in [-0.1, -0.05) is 24.3 Å². The number of nitrogens with zero attached hydrogens (tertiary/aromatic N) is 2. The number of hydrogen-bond donors (Lipinski definition) is 1. The second-order valence-electron chi connectivity index (χ2n) is 5.73. The topological polar surface area (TPSA) is 37.8 Å². The Kier molecular flexibility index (Phi) is 6.24. The maximum absolute atomic E-state index is 4.57. The number of aryl methyl sites for hydroxylation is 2. The first-order valence-corrected chi connectivity index (χ1v) is 7.98. The third-order valence-corrected chi connectivity index (χ3v) is 3.97. The van der Waals surface area contributed by atoms with Crippen LogP contribution in [0.2, 0.25) is 0 Å². The van der Waals surface area contributed by atoms with Crippen molar-refractivity contribution < 1.29 is 0 Å². The summed E-state index contributed by atoms with van der Waals surface area (Å²) < 4.78 is 0. The van der Waals surface area contributed by atoms with Gasteiger partial charge in [0, 0.05) is 12.4 Å². The quantitative estimate of drug-likeness (QED) is 0.723. The average Bonchev–Trinajstić information content (AvgIpc) is 2.55. The van der Waals surface area contributed by atoms with E-state index in [0.717, 1.165) is 24.2 Å². The normalized spacial score (nSPS) is 13.3. The Labute approximate surface area is 139 Å². The van der Waals surface area contributed by atoms with Gasteiger partial charge in [-0.25, -0.2) is 0 Å². The third kappa shape index (κ3) is 4.36. The van der Waals surface area contributed by atoms with Gasteiger partial charge in [0.1, 0.15) is 0 Å². The van der Waals surface area contributed by atoms with Crippen molar-refractivity contribution in [1.82, 2.24) is 15.3 Å². The molecule has 2 atom stereocenters. The summed E-state index contributed by atoms with van der Waals surface area (Å²) >= 11 is 0. The standard InChI is InChI=1S/C20H25N3/c1-5-9-17(19-15(3)11-7-13-21-19)23-18(10-6-2)20-16(4)12-8-14-22-20/h5-8,11-14,17-18,23H,1-2,9-10H2,3-4H3. The summed E-state index contributed by atoms with van der Waals surface area (Å²) in [4.78, 5) is 9.14.